The van der Waals surface area contributed by atoms with Crippen LogP contribution in [0.25, 0.3) is 4.91 Å². The summed E-state index contributed by atoms with van der Waals surface area (Å²) in [4.78, 5) is 5.50. The molecular weight excluding hydrogens is 202 g/mol. The summed E-state index contributed by atoms with van der Waals surface area (Å²) in [5, 5.41) is 2.14. The van der Waals surface area contributed by atoms with Gasteiger partial charge >= 0.3 is 0 Å². The van der Waals surface area contributed by atoms with E-state index in [2.05, 4.69) is 35.5 Å². The van der Waals surface area contributed by atoms with Crippen LogP contribution in [0.5, 0.6) is 0 Å². The molecule has 1 aliphatic rings. The van der Waals surface area contributed by atoms with Crippen LogP contribution in [0.4, 0.5) is 0 Å². The Kier molecular flexibility index (Phi) is 5.19. The van der Waals surface area contributed by atoms with Crippen molar-refractivity contribution >= 4 is 16.7 Å². The molecule has 0 fully saturated rings. The number of nitrogens with zero attached hydrogens (tertiary/aromatic N) is 1. The lowest BCUT2D eigenvalue weighted by atomic mass is 10.2. The maximum Gasteiger partial charge on any atom is 0.0351 e. The van der Waals surface area contributed by atoms with Crippen molar-refractivity contribution in [1.29, 1.82) is 0 Å². The molecule has 0 aliphatic carbocycles. The molecule has 1 aliphatic heterocycles. The molecule has 0 aromatic carbocycles. The van der Waals surface area contributed by atoms with Crippen molar-refractivity contribution in [2.75, 3.05) is 0 Å². The van der Waals surface area contributed by atoms with E-state index in [1.54, 1.807) is 11.8 Å². The predicted octanol–water partition coefficient (Wildman–Crippen LogP) is 4.41. The smallest absolute Gasteiger partial charge is 0.0351 e. The molecule has 2 heteroatoms. The molecule has 1 aromatic heterocycles. The van der Waals surface area contributed by atoms with Crippen molar-refractivity contribution in [2.45, 2.75) is 27.2 Å². The molecule has 1 aromatic rings. The molecule has 0 spiro atoms. The second-order valence-corrected chi connectivity index (χ2v) is 3.99. The normalized spacial score (nSPS) is 13.9. The average molecular weight is 219 g/mol. The van der Waals surface area contributed by atoms with Crippen molar-refractivity contribution in [3.05, 3.63) is 47.1 Å². The summed E-state index contributed by atoms with van der Waals surface area (Å²) >= 11 is 1.77. The first kappa shape index (κ1) is 12.1. The van der Waals surface area contributed by atoms with Gasteiger partial charge in [0.15, 0.2) is 0 Å². The summed E-state index contributed by atoms with van der Waals surface area (Å²) in [6.45, 7) is 6.07. The standard InChI is InChI=1S/C11H11NS.C2H6/c1-9-6-10(8-12-7-9)11-4-2-3-5-13-11;1-2/h3-8H,2H2,1H3;1-2H3. The zero-order chi connectivity index (χ0) is 11.1. The lowest BCUT2D eigenvalue weighted by Crippen LogP contribution is -1.85. The number of aromatic nitrogens is 1. The number of hydrogen-bond donors (Lipinski definition) is 0. The molecule has 0 saturated heterocycles. The highest BCUT2D eigenvalue weighted by atomic mass is 32.2. The Bertz CT molecular complexity index is 367. The van der Waals surface area contributed by atoms with E-state index in [1.165, 1.54) is 16.0 Å². The second kappa shape index (κ2) is 6.46. The molecule has 80 valence electrons. The Labute approximate surface area is 96.3 Å². The van der Waals surface area contributed by atoms with Crippen molar-refractivity contribution in [3.8, 4) is 0 Å². The molecule has 0 amide bonds. The number of hydrogen-bond acceptors (Lipinski definition) is 2. The van der Waals surface area contributed by atoms with E-state index in [-0.39, 0.29) is 0 Å². The Hall–Kier alpha value is -1.02. The monoisotopic (exact) mass is 219 g/mol. The van der Waals surface area contributed by atoms with Gasteiger partial charge in [0.25, 0.3) is 0 Å². The Balaban J connectivity index is 0.000000531. The topological polar surface area (TPSA) is 12.9 Å². The zero-order valence-corrected chi connectivity index (χ0v) is 10.3. The number of pyridine rings is 1. The van der Waals surface area contributed by atoms with E-state index in [9.17, 15) is 0 Å². The maximum absolute atomic E-state index is 4.18. The van der Waals surface area contributed by atoms with E-state index in [4.69, 9.17) is 0 Å². The van der Waals surface area contributed by atoms with Gasteiger partial charge in [0.2, 0.25) is 0 Å². The summed E-state index contributed by atoms with van der Waals surface area (Å²) in [5.74, 6) is 0. The third-order valence-corrected chi connectivity index (χ3v) is 2.87. The van der Waals surface area contributed by atoms with Crippen molar-refractivity contribution in [2.24, 2.45) is 0 Å². The largest absolute Gasteiger partial charge is 0.264 e. The van der Waals surface area contributed by atoms with E-state index >= 15 is 0 Å². The summed E-state index contributed by atoms with van der Waals surface area (Å²) in [6.07, 6.45) is 9.24. The number of aryl methyl sites for hydroxylation is 1. The molecular formula is C13H17NS. The first-order valence-corrected chi connectivity index (χ1v) is 6.18. The SMILES string of the molecule is CC.Cc1cncc(C2=CCC=CS2)c1. The van der Waals surface area contributed by atoms with Crippen LogP contribution in [0.1, 0.15) is 31.4 Å². The molecule has 0 unspecified atom stereocenters. The summed E-state index contributed by atoms with van der Waals surface area (Å²) in [6, 6.07) is 2.17. The summed E-state index contributed by atoms with van der Waals surface area (Å²) in [5.41, 5.74) is 2.45. The minimum Gasteiger partial charge on any atom is -0.264 e. The van der Waals surface area contributed by atoms with Crippen LogP contribution in [0.3, 0.4) is 0 Å². The molecule has 15 heavy (non-hydrogen) atoms. The highest BCUT2D eigenvalue weighted by Gasteiger charge is 2.03. The van der Waals surface area contributed by atoms with Crippen molar-refractivity contribution in [1.82, 2.24) is 4.98 Å². The van der Waals surface area contributed by atoms with Gasteiger partial charge in [0.05, 0.1) is 0 Å². The molecule has 1 nitrogen and oxygen atoms in total. The predicted molar refractivity (Wildman–Crippen MR) is 69.6 cm³/mol. The van der Waals surface area contributed by atoms with Crippen molar-refractivity contribution in [3.63, 3.8) is 0 Å². The van der Waals surface area contributed by atoms with E-state index < -0.39 is 0 Å². The fourth-order valence-corrected chi connectivity index (χ4v) is 2.07. The fraction of sp³-hybridized carbons (Fsp3) is 0.308. The molecule has 0 bridgehead atoms. The molecule has 2 heterocycles. The fourth-order valence-electron chi connectivity index (χ4n) is 1.28. The number of allylic oxidation sites excluding steroid dienone is 2. The lowest BCUT2D eigenvalue weighted by Gasteiger charge is -2.07. The summed E-state index contributed by atoms with van der Waals surface area (Å²) < 4.78 is 0. The van der Waals surface area contributed by atoms with Crippen LogP contribution in [-0.2, 0) is 0 Å². The van der Waals surface area contributed by atoms with Gasteiger partial charge in [-0.3, -0.25) is 4.98 Å². The van der Waals surface area contributed by atoms with Gasteiger partial charge in [0, 0.05) is 22.9 Å². The minimum atomic E-state index is 1.04. The molecule has 0 atom stereocenters. The maximum atomic E-state index is 4.18. The molecule has 0 radical (unpaired) electrons. The van der Waals surface area contributed by atoms with Crippen LogP contribution >= 0.6 is 11.8 Å². The van der Waals surface area contributed by atoms with Crippen LogP contribution in [0, 0.1) is 6.92 Å². The van der Waals surface area contributed by atoms with Gasteiger partial charge in [-0.2, -0.15) is 0 Å². The van der Waals surface area contributed by atoms with Crippen molar-refractivity contribution < 1.29 is 0 Å². The molecule has 0 saturated carbocycles. The summed E-state index contributed by atoms with van der Waals surface area (Å²) in [7, 11) is 0. The highest BCUT2D eigenvalue weighted by molar-refractivity contribution is 8.11. The molecule has 2 rings (SSSR count). The van der Waals surface area contributed by atoms with Gasteiger partial charge in [-0.25, -0.2) is 0 Å². The van der Waals surface area contributed by atoms with Crippen LogP contribution in [-0.4, -0.2) is 4.98 Å². The van der Waals surface area contributed by atoms with Crippen LogP contribution < -0.4 is 0 Å². The average Bonchev–Trinajstić information content (AvgIpc) is 2.33. The molecule has 0 N–H and O–H groups in total. The highest BCUT2D eigenvalue weighted by Crippen LogP contribution is 2.31. The number of rotatable bonds is 1. The lowest BCUT2D eigenvalue weighted by molar-refractivity contribution is 1.25. The van der Waals surface area contributed by atoms with Crippen LogP contribution in [0.2, 0.25) is 0 Å². The van der Waals surface area contributed by atoms with Gasteiger partial charge in [-0.15, -0.1) is 0 Å². The minimum absolute atomic E-state index is 1.04. The van der Waals surface area contributed by atoms with Gasteiger partial charge in [-0.1, -0.05) is 37.8 Å². The third-order valence-electron chi connectivity index (χ3n) is 1.89. The first-order valence-electron chi connectivity index (χ1n) is 5.30. The van der Waals surface area contributed by atoms with E-state index in [1.807, 2.05) is 26.2 Å². The Morgan fingerprint density at radius 3 is 2.67 bits per heavy atom. The van der Waals surface area contributed by atoms with Crippen LogP contribution in [0.15, 0.2) is 36.0 Å². The zero-order valence-electron chi connectivity index (χ0n) is 9.53. The Morgan fingerprint density at radius 1 is 1.27 bits per heavy atom. The first-order chi connectivity index (χ1) is 7.36. The quantitative estimate of drug-likeness (QED) is 0.694. The second-order valence-electron chi connectivity index (χ2n) is 3.04. The van der Waals surface area contributed by atoms with Gasteiger partial charge < -0.3 is 0 Å². The third kappa shape index (κ3) is 3.56. The van der Waals surface area contributed by atoms with E-state index in [0.29, 0.717) is 0 Å². The van der Waals surface area contributed by atoms with E-state index in [0.717, 1.165) is 6.42 Å². The van der Waals surface area contributed by atoms with Gasteiger partial charge in [-0.05, 0) is 30.4 Å². The number of thioether (sulfide) groups is 1. The van der Waals surface area contributed by atoms with Gasteiger partial charge in [0.1, 0.15) is 0 Å². The Morgan fingerprint density at radius 2 is 2.07 bits per heavy atom.